The van der Waals surface area contributed by atoms with Crippen LogP contribution in [0.4, 0.5) is 0 Å². The number of hydrogen-bond acceptors (Lipinski definition) is 4. The number of thioether (sulfide) groups is 1. The number of hydrogen-bond donors (Lipinski definition) is 1. The van der Waals surface area contributed by atoms with E-state index in [-0.39, 0.29) is 11.7 Å². The molecule has 0 saturated carbocycles. The van der Waals surface area contributed by atoms with Gasteiger partial charge in [0.05, 0.1) is 5.75 Å². The van der Waals surface area contributed by atoms with Gasteiger partial charge in [-0.25, -0.2) is 4.98 Å². The van der Waals surface area contributed by atoms with Crippen molar-refractivity contribution in [3.05, 3.63) is 34.8 Å². The molecule has 0 bridgehead atoms. The molecule has 2 aromatic rings. The number of aryl methyl sites for hydroxylation is 2. The third-order valence-electron chi connectivity index (χ3n) is 2.20. The molecule has 90 valence electrons. The molecule has 0 fully saturated rings. The Balaban J connectivity index is 1.92. The van der Waals surface area contributed by atoms with Crippen molar-refractivity contribution in [3.63, 3.8) is 0 Å². The lowest BCUT2D eigenvalue weighted by Gasteiger charge is -2.05. The average molecular weight is 267 g/mol. The molecule has 0 atom stereocenters. The van der Waals surface area contributed by atoms with Crippen LogP contribution in [0.2, 0.25) is 0 Å². The molecule has 17 heavy (non-hydrogen) atoms. The zero-order valence-electron chi connectivity index (χ0n) is 9.20. The van der Waals surface area contributed by atoms with Crippen LogP contribution in [0.25, 0.3) is 0 Å². The number of imidazole rings is 1. The van der Waals surface area contributed by atoms with Gasteiger partial charge in [0.2, 0.25) is 5.91 Å². The minimum absolute atomic E-state index is 0.274. The molecule has 2 heterocycles. The molecule has 0 aliphatic carbocycles. The summed E-state index contributed by atoms with van der Waals surface area (Å²) in [5.41, 5.74) is 5.12. The second-order valence-electron chi connectivity index (χ2n) is 3.49. The standard InChI is InChI=1S/C11H13N3OS2/c12-10(15)8-17-11-13-4-6-14(11)5-3-9-2-1-7-16-9/h1-2,4,6-7H,3,5,8H2,(H2,12,15). The molecule has 0 spiro atoms. The lowest BCUT2D eigenvalue weighted by Crippen LogP contribution is -2.14. The molecule has 0 aromatic carbocycles. The van der Waals surface area contributed by atoms with Crippen LogP contribution in [-0.2, 0) is 17.8 Å². The number of carbonyl (C=O) groups excluding carboxylic acids is 1. The van der Waals surface area contributed by atoms with E-state index in [0.29, 0.717) is 0 Å². The Morgan fingerprint density at radius 1 is 1.59 bits per heavy atom. The normalized spacial score (nSPS) is 10.6. The lowest BCUT2D eigenvalue weighted by molar-refractivity contribution is -0.115. The average Bonchev–Trinajstić information content (AvgIpc) is 2.95. The van der Waals surface area contributed by atoms with Crippen molar-refractivity contribution in [1.82, 2.24) is 9.55 Å². The maximum Gasteiger partial charge on any atom is 0.227 e. The monoisotopic (exact) mass is 267 g/mol. The van der Waals surface area contributed by atoms with E-state index in [1.165, 1.54) is 16.6 Å². The highest BCUT2D eigenvalue weighted by Crippen LogP contribution is 2.17. The first-order valence-corrected chi connectivity index (χ1v) is 7.07. The van der Waals surface area contributed by atoms with Gasteiger partial charge in [0.25, 0.3) is 0 Å². The van der Waals surface area contributed by atoms with Crippen LogP contribution < -0.4 is 5.73 Å². The van der Waals surface area contributed by atoms with E-state index in [0.717, 1.165) is 18.1 Å². The predicted molar refractivity (Wildman–Crippen MR) is 70.2 cm³/mol. The maximum absolute atomic E-state index is 10.7. The molecule has 2 N–H and O–H groups in total. The summed E-state index contributed by atoms with van der Waals surface area (Å²) >= 11 is 3.13. The number of nitrogens with zero attached hydrogens (tertiary/aromatic N) is 2. The van der Waals surface area contributed by atoms with Gasteiger partial charge in [-0.2, -0.15) is 0 Å². The number of aromatic nitrogens is 2. The van der Waals surface area contributed by atoms with Crippen LogP contribution in [0, 0.1) is 0 Å². The summed E-state index contributed by atoms with van der Waals surface area (Å²) in [6, 6.07) is 4.18. The molecule has 0 unspecified atom stereocenters. The molecular formula is C11H13N3OS2. The van der Waals surface area contributed by atoms with Gasteiger partial charge >= 0.3 is 0 Å². The smallest absolute Gasteiger partial charge is 0.227 e. The molecule has 6 heteroatoms. The molecule has 2 rings (SSSR count). The topological polar surface area (TPSA) is 60.9 Å². The fraction of sp³-hybridized carbons (Fsp3) is 0.273. The van der Waals surface area contributed by atoms with Crippen molar-refractivity contribution < 1.29 is 4.79 Å². The first-order chi connectivity index (χ1) is 8.25. The fourth-order valence-electron chi connectivity index (χ4n) is 1.43. The number of carbonyl (C=O) groups is 1. The van der Waals surface area contributed by atoms with E-state index in [1.807, 2.05) is 10.8 Å². The van der Waals surface area contributed by atoms with Gasteiger partial charge in [0, 0.05) is 23.8 Å². The molecule has 0 aliphatic heterocycles. The number of thiophene rings is 1. The van der Waals surface area contributed by atoms with Crippen molar-refractivity contribution in [2.45, 2.75) is 18.1 Å². The summed E-state index contributed by atoms with van der Waals surface area (Å²) in [6.45, 7) is 0.877. The van der Waals surface area contributed by atoms with Gasteiger partial charge < -0.3 is 10.3 Å². The maximum atomic E-state index is 10.7. The van der Waals surface area contributed by atoms with Crippen molar-refractivity contribution in [2.24, 2.45) is 5.73 Å². The lowest BCUT2D eigenvalue weighted by atomic mass is 10.3. The highest BCUT2D eigenvalue weighted by Gasteiger charge is 2.05. The quantitative estimate of drug-likeness (QED) is 0.811. The van der Waals surface area contributed by atoms with Crippen molar-refractivity contribution in [1.29, 1.82) is 0 Å². The van der Waals surface area contributed by atoms with Crippen molar-refractivity contribution in [3.8, 4) is 0 Å². The molecule has 0 saturated heterocycles. The summed E-state index contributed by atoms with van der Waals surface area (Å²) in [4.78, 5) is 16.3. The van der Waals surface area contributed by atoms with E-state index < -0.39 is 0 Å². The Kier molecular flexibility index (Phi) is 4.22. The Bertz CT molecular complexity index is 479. The van der Waals surface area contributed by atoms with Crippen LogP contribution in [-0.4, -0.2) is 21.2 Å². The zero-order valence-corrected chi connectivity index (χ0v) is 10.8. The zero-order chi connectivity index (χ0) is 12.1. The SMILES string of the molecule is NC(=O)CSc1nccn1CCc1cccs1. The van der Waals surface area contributed by atoms with E-state index in [1.54, 1.807) is 17.5 Å². The van der Waals surface area contributed by atoms with Gasteiger partial charge in [-0.15, -0.1) is 11.3 Å². The van der Waals surface area contributed by atoms with E-state index >= 15 is 0 Å². The van der Waals surface area contributed by atoms with Gasteiger partial charge in [0.15, 0.2) is 5.16 Å². The summed E-state index contributed by atoms with van der Waals surface area (Å²) in [5.74, 6) is -0.0430. The number of primary amides is 1. The van der Waals surface area contributed by atoms with E-state index in [2.05, 4.69) is 22.5 Å². The summed E-state index contributed by atoms with van der Waals surface area (Å²) in [5, 5.41) is 2.92. The minimum atomic E-state index is -0.317. The molecule has 0 aliphatic rings. The minimum Gasteiger partial charge on any atom is -0.369 e. The first-order valence-electron chi connectivity index (χ1n) is 5.20. The third kappa shape index (κ3) is 3.61. The van der Waals surface area contributed by atoms with Crippen LogP contribution >= 0.6 is 23.1 Å². The largest absolute Gasteiger partial charge is 0.369 e. The highest BCUT2D eigenvalue weighted by molar-refractivity contribution is 7.99. The van der Waals surface area contributed by atoms with Crippen molar-refractivity contribution >= 4 is 29.0 Å². The fourth-order valence-corrected chi connectivity index (χ4v) is 2.85. The number of nitrogens with two attached hydrogens (primary N) is 1. The summed E-state index contributed by atoms with van der Waals surface area (Å²) in [6.07, 6.45) is 4.66. The molecular weight excluding hydrogens is 254 g/mol. The molecule has 0 radical (unpaired) electrons. The van der Waals surface area contributed by atoms with Crippen LogP contribution in [0.15, 0.2) is 35.1 Å². The first kappa shape index (κ1) is 12.2. The van der Waals surface area contributed by atoms with Crippen LogP contribution in [0.1, 0.15) is 4.88 Å². The Morgan fingerprint density at radius 3 is 3.18 bits per heavy atom. The molecule has 4 nitrogen and oxygen atoms in total. The highest BCUT2D eigenvalue weighted by atomic mass is 32.2. The van der Waals surface area contributed by atoms with Crippen molar-refractivity contribution in [2.75, 3.05) is 5.75 Å². The summed E-state index contributed by atoms with van der Waals surface area (Å²) < 4.78 is 2.05. The predicted octanol–water partition coefficient (Wildman–Crippen LogP) is 1.76. The number of amides is 1. The second-order valence-corrected chi connectivity index (χ2v) is 5.46. The summed E-state index contributed by atoms with van der Waals surface area (Å²) in [7, 11) is 0. The molecule has 1 amide bonds. The van der Waals surface area contributed by atoms with E-state index in [9.17, 15) is 4.79 Å². The second kappa shape index (κ2) is 5.88. The third-order valence-corrected chi connectivity index (χ3v) is 4.16. The van der Waals surface area contributed by atoms with Gasteiger partial charge in [-0.3, -0.25) is 4.79 Å². The Morgan fingerprint density at radius 2 is 2.47 bits per heavy atom. The van der Waals surface area contributed by atoms with Gasteiger partial charge in [-0.05, 0) is 17.9 Å². The van der Waals surface area contributed by atoms with Crippen LogP contribution in [0.5, 0.6) is 0 Å². The number of rotatable bonds is 6. The Hall–Kier alpha value is -1.27. The molecule has 2 aromatic heterocycles. The van der Waals surface area contributed by atoms with Gasteiger partial charge in [-0.1, -0.05) is 17.8 Å². The van der Waals surface area contributed by atoms with E-state index in [4.69, 9.17) is 5.73 Å². The van der Waals surface area contributed by atoms with Gasteiger partial charge in [0.1, 0.15) is 0 Å². The Labute approximate surface area is 108 Å². The van der Waals surface area contributed by atoms with Crippen LogP contribution in [0.3, 0.4) is 0 Å².